The molecule has 0 saturated carbocycles. The molecule has 1 N–H and O–H groups in total. The maximum atomic E-state index is 11.1. The van der Waals surface area contributed by atoms with E-state index in [0.29, 0.717) is 11.4 Å². The van der Waals surface area contributed by atoms with Crippen molar-refractivity contribution in [2.45, 2.75) is 6.42 Å². The molecule has 0 fully saturated rings. The number of ether oxygens (including phenoxy) is 1. The van der Waals surface area contributed by atoms with E-state index in [-0.39, 0.29) is 24.6 Å². The summed E-state index contributed by atoms with van der Waals surface area (Å²) in [5.74, 6) is 0.385. The first kappa shape index (κ1) is 14.8. The topological polar surface area (TPSA) is 77.2 Å². The highest BCUT2D eigenvalue weighted by Gasteiger charge is 2.10. The zero-order valence-electron chi connectivity index (χ0n) is 12.3. The summed E-state index contributed by atoms with van der Waals surface area (Å²) in [4.78, 5) is 12.5. The zero-order valence-corrected chi connectivity index (χ0v) is 12.3. The van der Waals surface area contributed by atoms with E-state index < -0.39 is 0 Å². The summed E-state index contributed by atoms with van der Waals surface area (Å²) in [7, 11) is 0. The number of aromatic nitrogens is 3. The van der Waals surface area contributed by atoms with Crippen LogP contribution in [0.15, 0.2) is 55.1 Å². The Morgan fingerprint density at radius 1 is 1.22 bits per heavy atom. The highest BCUT2D eigenvalue weighted by atomic mass is 16.5. The third-order valence-electron chi connectivity index (χ3n) is 3.29. The Hall–Kier alpha value is -3.15. The van der Waals surface area contributed by atoms with Crippen LogP contribution in [-0.4, -0.2) is 32.5 Å². The molecule has 3 aromatic rings. The molecule has 6 heteroatoms. The molecule has 0 aliphatic carbocycles. The number of allylic oxidation sites excluding steroid dienone is 1. The molecule has 3 rings (SSSR count). The van der Waals surface area contributed by atoms with Crippen LogP contribution in [0.1, 0.15) is 6.42 Å². The van der Waals surface area contributed by atoms with Gasteiger partial charge >= 0.3 is 0 Å². The number of hydrogen-bond acceptors (Lipinski definition) is 5. The summed E-state index contributed by atoms with van der Waals surface area (Å²) in [5.41, 5.74) is 1.95. The van der Waals surface area contributed by atoms with Gasteiger partial charge in [0.25, 0.3) is 0 Å². The van der Waals surface area contributed by atoms with E-state index >= 15 is 0 Å². The van der Waals surface area contributed by atoms with E-state index in [1.807, 2.05) is 24.3 Å². The van der Waals surface area contributed by atoms with Crippen molar-refractivity contribution in [2.75, 3.05) is 6.61 Å². The maximum absolute atomic E-state index is 11.1. The van der Waals surface area contributed by atoms with Gasteiger partial charge < -0.3 is 9.84 Å². The number of nitrogens with zero attached hydrogens (tertiary/aromatic N) is 3. The normalized spacial score (nSPS) is 10.6. The molecule has 1 heterocycles. The number of carbonyl (C=O) groups is 1. The van der Waals surface area contributed by atoms with Crippen LogP contribution in [0.3, 0.4) is 0 Å². The van der Waals surface area contributed by atoms with Gasteiger partial charge in [-0.1, -0.05) is 18.7 Å². The Bertz CT molecular complexity index is 837. The van der Waals surface area contributed by atoms with Gasteiger partial charge in [-0.15, -0.1) is 15.0 Å². The first-order valence-corrected chi connectivity index (χ1v) is 7.11. The minimum atomic E-state index is -0.0849. The molecular weight excluding hydrogens is 294 g/mol. The third kappa shape index (κ3) is 3.21. The molecule has 0 bridgehead atoms. The largest absolute Gasteiger partial charge is 0.505 e. The molecular formula is C17H15N3O3. The standard InChI is InChI=1S/C17H15N3O3/c1-2-12(21)9-10-23-13-7-8-16(17(22)11-13)20-18-14-5-3-4-6-15(14)19-20/h2-8,11,22H,1,9-10H2. The minimum Gasteiger partial charge on any atom is -0.505 e. The van der Waals surface area contributed by atoms with E-state index in [1.54, 1.807) is 12.1 Å². The van der Waals surface area contributed by atoms with Crippen molar-refractivity contribution in [1.82, 2.24) is 15.0 Å². The summed E-state index contributed by atoms with van der Waals surface area (Å²) in [6, 6.07) is 12.3. The third-order valence-corrected chi connectivity index (χ3v) is 3.29. The summed E-state index contributed by atoms with van der Waals surface area (Å²) in [6.07, 6.45) is 1.51. The Balaban J connectivity index is 1.79. The van der Waals surface area contributed by atoms with Crippen LogP contribution < -0.4 is 4.74 Å². The molecule has 0 spiro atoms. The smallest absolute Gasteiger partial charge is 0.158 e. The first-order chi connectivity index (χ1) is 11.2. The lowest BCUT2D eigenvalue weighted by atomic mass is 10.2. The van der Waals surface area contributed by atoms with Gasteiger partial charge in [-0.3, -0.25) is 4.79 Å². The molecule has 0 atom stereocenters. The van der Waals surface area contributed by atoms with Crippen LogP contribution >= 0.6 is 0 Å². The van der Waals surface area contributed by atoms with E-state index in [0.717, 1.165) is 11.0 Å². The van der Waals surface area contributed by atoms with Gasteiger partial charge in [0, 0.05) is 12.5 Å². The predicted octanol–water partition coefficient (Wildman–Crippen LogP) is 2.65. The van der Waals surface area contributed by atoms with Crippen LogP contribution in [-0.2, 0) is 4.79 Å². The van der Waals surface area contributed by atoms with Gasteiger partial charge in [0.2, 0.25) is 0 Å². The molecule has 1 aromatic heterocycles. The number of hydrogen-bond donors (Lipinski definition) is 1. The van der Waals surface area contributed by atoms with Crippen molar-refractivity contribution in [3.63, 3.8) is 0 Å². The van der Waals surface area contributed by atoms with E-state index in [9.17, 15) is 9.90 Å². The lowest BCUT2D eigenvalue weighted by Crippen LogP contribution is -2.04. The molecule has 0 unspecified atom stereocenters. The van der Waals surface area contributed by atoms with Crippen LogP contribution in [0.4, 0.5) is 0 Å². The van der Waals surface area contributed by atoms with Gasteiger partial charge in [-0.2, -0.15) is 0 Å². The van der Waals surface area contributed by atoms with Gasteiger partial charge in [0.05, 0.1) is 6.61 Å². The fourth-order valence-electron chi connectivity index (χ4n) is 2.10. The van der Waals surface area contributed by atoms with E-state index in [1.165, 1.54) is 16.9 Å². The van der Waals surface area contributed by atoms with Gasteiger partial charge in [-0.05, 0) is 30.3 Å². The number of aromatic hydroxyl groups is 1. The Labute approximate surface area is 132 Å². The molecule has 0 aliphatic heterocycles. The summed E-state index contributed by atoms with van der Waals surface area (Å²) in [5, 5.41) is 18.8. The number of rotatable bonds is 6. The van der Waals surface area contributed by atoms with Crippen molar-refractivity contribution in [2.24, 2.45) is 0 Å². The minimum absolute atomic E-state index is 0.00199. The molecule has 6 nitrogen and oxygen atoms in total. The Morgan fingerprint density at radius 3 is 2.52 bits per heavy atom. The second-order valence-electron chi connectivity index (χ2n) is 4.90. The maximum Gasteiger partial charge on any atom is 0.158 e. The van der Waals surface area contributed by atoms with Crippen LogP contribution in [0, 0.1) is 0 Å². The van der Waals surface area contributed by atoms with Crippen molar-refractivity contribution in [1.29, 1.82) is 0 Å². The van der Waals surface area contributed by atoms with Crippen molar-refractivity contribution < 1.29 is 14.6 Å². The van der Waals surface area contributed by atoms with E-state index in [2.05, 4.69) is 16.8 Å². The molecule has 0 radical (unpaired) electrons. The number of carbonyl (C=O) groups excluding carboxylic acids is 1. The summed E-state index contributed by atoms with van der Waals surface area (Å²) >= 11 is 0. The van der Waals surface area contributed by atoms with Crippen LogP contribution in [0.2, 0.25) is 0 Å². The van der Waals surface area contributed by atoms with Crippen LogP contribution in [0.25, 0.3) is 16.7 Å². The Morgan fingerprint density at radius 2 is 1.91 bits per heavy atom. The number of fused-ring (bicyclic) bond motifs is 1. The monoisotopic (exact) mass is 309 g/mol. The molecule has 0 amide bonds. The molecule has 23 heavy (non-hydrogen) atoms. The van der Waals surface area contributed by atoms with Crippen molar-refractivity contribution in [3.05, 3.63) is 55.1 Å². The predicted molar refractivity (Wildman–Crippen MR) is 85.8 cm³/mol. The van der Waals surface area contributed by atoms with Crippen LogP contribution in [0.5, 0.6) is 11.5 Å². The van der Waals surface area contributed by atoms with Crippen molar-refractivity contribution >= 4 is 16.8 Å². The highest BCUT2D eigenvalue weighted by Crippen LogP contribution is 2.26. The fourth-order valence-corrected chi connectivity index (χ4v) is 2.10. The average molecular weight is 309 g/mol. The van der Waals surface area contributed by atoms with Gasteiger partial charge in [0.1, 0.15) is 28.2 Å². The lowest BCUT2D eigenvalue weighted by molar-refractivity contribution is -0.115. The second-order valence-corrected chi connectivity index (χ2v) is 4.90. The summed E-state index contributed by atoms with van der Waals surface area (Å²) < 4.78 is 5.43. The Kier molecular flexibility index (Phi) is 4.05. The highest BCUT2D eigenvalue weighted by molar-refractivity contribution is 5.89. The number of phenolic OH excluding ortho intramolecular Hbond substituents is 1. The zero-order chi connectivity index (χ0) is 16.2. The quantitative estimate of drug-likeness (QED) is 0.708. The molecule has 0 aliphatic rings. The first-order valence-electron chi connectivity index (χ1n) is 7.11. The van der Waals surface area contributed by atoms with Gasteiger partial charge in [0.15, 0.2) is 5.78 Å². The summed E-state index contributed by atoms with van der Waals surface area (Å²) in [6.45, 7) is 3.63. The average Bonchev–Trinajstić information content (AvgIpc) is 2.98. The SMILES string of the molecule is C=CC(=O)CCOc1ccc(-n2nc3ccccc3n2)c(O)c1. The lowest BCUT2D eigenvalue weighted by Gasteiger charge is -2.08. The number of benzene rings is 2. The van der Waals surface area contributed by atoms with E-state index in [4.69, 9.17) is 4.74 Å². The fraction of sp³-hybridized carbons (Fsp3) is 0.118. The second kappa shape index (κ2) is 6.31. The molecule has 116 valence electrons. The number of phenols is 1. The molecule has 0 saturated heterocycles. The van der Waals surface area contributed by atoms with Crippen molar-refractivity contribution in [3.8, 4) is 17.2 Å². The molecule has 2 aromatic carbocycles. The number of ketones is 1. The van der Waals surface area contributed by atoms with Gasteiger partial charge in [-0.25, -0.2) is 0 Å².